The predicted octanol–water partition coefficient (Wildman–Crippen LogP) is 2.47. The lowest BCUT2D eigenvalue weighted by molar-refractivity contribution is -0.140. The van der Waals surface area contributed by atoms with Gasteiger partial charge in [0.1, 0.15) is 11.5 Å². The molecule has 35 heavy (non-hydrogen) atoms. The normalized spacial score (nSPS) is 20.3. The molecule has 0 bridgehead atoms. The van der Waals surface area contributed by atoms with Gasteiger partial charge in [0.05, 0.1) is 44.6 Å². The maximum absolute atomic E-state index is 13.3. The third-order valence-electron chi connectivity index (χ3n) is 6.43. The molecule has 0 spiro atoms. The van der Waals surface area contributed by atoms with Crippen molar-refractivity contribution in [2.75, 3.05) is 53.6 Å². The monoisotopic (exact) mass is 482 g/mol. The van der Waals surface area contributed by atoms with Crippen LogP contribution in [-0.4, -0.2) is 85.3 Å². The van der Waals surface area contributed by atoms with E-state index in [9.17, 15) is 19.8 Å². The van der Waals surface area contributed by atoms with Gasteiger partial charge in [0.25, 0.3) is 11.7 Å². The summed E-state index contributed by atoms with van der Waals surface area (Å²) in [6, 6.07) is 8.99. The lowest BCUT2D eigenvalue weighted by Gasteiger charge is -2.31. The Bertz CT molecular complexity index is 1150. The van der Waals surface area contributed by atoms with E-state index in [1.165, 1.54) is 25.2 Å². The van der Waals surface area contributed by atoms with Gasteiger partial charge in [-0.2, -0.15) is 0 Å². The molecule has 2 aliphatic rings. The Morgan fingerprint density at radius 2 is 1.74 bits per heavy atom. The Morgan fingerprint density at radius 1 is 1.03 bits per heavy atom. The van der Waals surface area contributed by atoms with Crippen LogP contribution in [0.25, 0.3) is 5.76 Å². The SMILES string of the molecule is COc1ccc([C@H]2C(=C(O)c3cc(C)ccc3O)C(=O)C(=O)N2CCN2CCOCC2)cc1OC. The van der Waals surface area contributed by atoms with Crippen molar-refractivity contribution in [3.63, 3.8) is 0 Å². The largest absolute Gasteiger partial charge is 0.507 e. The number of ether oxygens (including phenoxy) is 3. The van der Waals surface area contributed by atoms with E-state index >= 15 is 0 Å². The van der Waals surface area contributed by atoms with Gasteiger partial charge < -0.3 is 29.3 Å². The summed E-state index contributed by atoms with van der Waals surface area (Å²) < 4.78 is 16.2. The number of aryl methyl sites for hydroxylation is 1. The van der Waals surface area contributed by atoms with Crippen molar-refractivity contribution in [1.82, 2.24) is 9.80 Å². The van der Waals surface area contributed by atoms with Gasteiger partial charge in [0.2, 0.25) is 0 Å². The topological polar surface area (TPSA) is 109 Å². The fraction of sp³-hybridized carbons (Fsp3) is 0.385. The molecule has 2 aromatic rings. The zero-order chi connectivity index (χ0) is 25.1. The number of Topliss-reactive ketones (excluding diaryl/α,β-unsaturated/α-hetero) is 1. The van der Waals surface area contributed by atoms with Gasteiger partial charge in [-0.15, -0.1) is 0 Å². The highest BCUT2D eigenvalue weighted by molar-refractivity contribution is 6.46. The molecular formula is C26H30N2O7. The Balaban J connectivity index is 1.81. The minimum atomic E-state index is -0.865. The molecule has 0 saturated carbocycles. The summed E-state index contributed by atoms with van der Waals surface area (Å²) in [5, 5.41) is 21.7. The van der Waals surface area contributed by atoms with Gasteiger partial charge in [-0.3, -0.25) is 14.5 Å². The summed E-state index contributed by atoms with van der Waals surface area (Å²) in [7, 11) is 3.02. The van der Waals surface area contributed by atoms with E-state index in [1.807, 2.05) is 6.92 Å². The number of benzene rings is 2. The molecule has 2 aromatic carbocycles. The van der Waals surface area contributed by atoms with Crippen LogP contribution >= 0.6 is 0 Å². The molecule has 2 aliphatic heterocycles. The standard InChI is InChI=1S/C26H30N2O7/c1-16-4-6-19(29)18(14-16)24(30)22-23(17-5-7-20(33-2)21(15-17)34-3)28(26(32)25(22)31)9-8-27-10-12-35-13-11-27/h4-7,14-15,23,29-30H,8-13H2,1-3H3/t23-/m0/s1. The van der Waals surface area contributed by atoms with Crippen LogP contribution in [-0.2, 0) is 14.3 Å². The first-order valence-electron chi connectivity index (χ1n) is 11.5. The van der Waals surface area contributed by atoms with Crippen LogP contribution in [0.15, 0.2) is 42.0 Å². The van der Waals surface area contributed by atoms with Crippen LogP contribution in [0.4, 0.5) is 0 Å². The number of carbonyl (C=O) groups is 2. The van der Waals surface area contributed by atoms with Crippen molar-refractivity contribution >= 4 is 17.4 Å². The van der Waals surface area contributed by atoms with E-state index in [2.05, 4.69) is 4.90 Å². The lowest BCUT2D eigenvalue weighted by atomic mass is 9.94. The van der Waals surface area contributed by atoms with Crippen LogP contribution in [0.1, 0.15) is 22.7 Å². The zero-order valence-electron chi connectivity index (χ0n) is 20.1. The second kappa shape index (κ2) is 10.4. The van der Waals surface area contributed by atoms with Crippen LogP contribution in [0.2, 0.25) is 0 Å². The van der Waals surface area contributed by atoms with Crippen molar-refractivity contribution in [1.29, 1.82) is 0 Å². The van der Waals surface area contributed by atoms with Gasteiger partial charge in [-0.05, 0) is 36.8 Å². The fourth-order valence-corrected chi connectivity index (χ4v) is 4.54. The van der Waals surface area contributed by atoms with Gasteiger partial charge in [-0.1, -0.05) is 17.7 Å². The minimum Gasteiger partial charge on any atom is -0.507 e. The summed E-state index contributed by atoms with van der Waals surface area (Å²) in [4.78, 5) is 30.1. The quantitative estimate of drug-likeness (QED) is 0.352. The number of carbonyl (C=O) groups excluding carboxylic acids is 2. The summed E-state index contributed by atoms with van der Waals surface area (Å²) in [6.07, 6.45) is 0. The van der Waals surface area contributed by atoms with Gasteiger partial charge in [0.15, 0.2) is 11.5 Å². The van der Waals surface area contributed by atoms with Crippen LogP contribution in [0, 0.1) is 6.92 Å². The Morgan fingerprint density at radius 3 is 2.43 bits per heavy atom. The number of aliphatic hydroxyl groups excluding tert-OH is 1. The first kappa shape index (κ1) is 24.6. The van der Waals surface area contributed by atoms with Gasteiger partial charge >= 0.3 is 0 Å². The number of nitrogens with zero attached hydrogens (tertiary/aromatic N) is 2. The molecule has 186 valence electrons. The highest BCUT2D eigenvalue weighted by atomic mass is 16.5. The average molecular weight is 483 g/mol. The predicted molar refractivity (Wildman–Crippen MR) is 129 cm³/mol. The van der Waals surface area contributed by atoms with E-state index in [0.29, 0.717) is 36.8 Å². The molecule has 4 rings (SSSR count). The number of likely N-dealkylation sites (tertiary alicyclic amines) is 1. The number of phenols is 1. The summed E-state index contributed by atoms with van der Waals surface area (Å²) in [5.74, 6) is -1.17. The maximum atomic E-state index is 13.3. The highest BCUT2D eigenvalue weighted by Gasteiger charge is 2.46. The molecule has 2 saturated heterocycles. The van der Waals surface area contributed by atoms with E-state index < -0.39 is 23.5 Å². The fourth-order valence-electron chi connectivity index (χ4n) is 4.54. The molecule has 0 aromatic heterocycles. The number of hydrogen-bond acceptors (Lipinski definition) is 8. The first-order chi connectivity index (χ1) is 16.8. The third-order valence-corrected chi connectivity index (χ3v) is 6.43. The Labute approximate surface area is 204 Å². The summed E-state index contributed by atoms with van der Waals surface area (Å²) >= 11 is 0. The molecule has 0 unspecified atom stereocenters. The van der Waals surface area contributed by atoms with Crippen molar-refractivity contribution < 1.29 is 34.0 Å². The number of rotatable bonds is 7. The molecule has 2 N–H and O–H groups in total. The average Bonchev–Trinajstić information content (AvgIpc) is 3.13. The Hall–Kier alpha value is -3.56. The van der Waals surface area contributed by atoms with Gasteiger partial charge in [-0.25, -0.2) is 0 Å². The number of amides is 1. The number of ketones is 1. The van der Waals surface area contributed by atoms with Crippen molar-refractivity contribution in [2.45, 2.75) is 13.0 Å². The summed E-state index contributed by atoms with van der Waals surface area (Å²) in [6.45, 7) is 5.35. The smallest absolute Gasteiger partial charge is 0.295 e. The van der Waals surface area contributed by atoms with Crippen molar-refractivity contribution in [2.24, 2.45) is 0 Å². The molecule has 1 atom stereocenters. The van der Waals surface area contributed by atoms with Crippen LogP contribution < -0.4 is 9.47 Å². The molecule has 0 radical (unpaired) electrons. The van der Waals surface area contributed by atoms with Gasteiger partial charge in [0, 0.05) is 26.2 Å². The maximum Gasteiger partial charge on any atom is 0.295 e. The minimum absolute atomic E-state index is 0.0786. The first-order valence-corrected chi connectivity index (χ1v) is 11.5. The number of hydrogen-bond donors (Lipinski definition) is 2. The molecule has 9 nitrogen and oxygen atoms in total. The van der Waals surface area contributed by atoms with Crippen molar-refractivity contribution in [3.8, 4) is 17.2 Å². The second-order valence-corrected chi connectivity index (χ2v) is 8.58. The Kier molecular flexibility index (Phi) is 7.28. The molecule has 1 amide bonds. The molecule has 0 aliphatic carbocycles. The molecule has 2 heterocycles. The van der Waals surface area contributed by atoms with Crippen LogP contribution in [0.3, 0.4) is 0 Å². The zero-order valence-corrected chi connectivity index (χ0v) is 20.1. The summed E-state index contributed by atoms with van der Waals surface area (Å²) in [5.41, 5.74) is 1.39. The van der Waals surface area contributed by atoms with E-state index in [4.69, 9.17) is 14.2 Å². The number of morpholine rings is 1. The van der Waals surface area contributed by atoms with E-state index in [-0.39, 0.29) is 23.4 Å². The third kappa shape index (κ3) is 4.82. The lowest BCUT2D eigenvalue weighted by Crippen LogP contribution is -2.42. The van der Waals surface area contributed by atoms with E-state index in [1.54, 1.807) is 30.3 Å². The highest BCUT2D eigenvalue weighted by Crippen LogP contribution is 2.43. The van der Waals surface area contributed by atoms with Crippen molar-refractivity contribution in [3.05, 3.63) is 58.7 Å². The number of aromatic hydroxyl groups is 1. The number of phenolic OH excluding ortho intramolecular Hbond substituents is 1. The second-order valence-electron chi connectivity index (χ2n) is 8.58. The molecule has 9 heteroatoms. The number of aliphatic hydroxyl groups is 1. The van der Waals surface area contributed by atoms with Crippen LogP contribution in [0.5, 0.6) is 17.2 Å². The molecule has 2 fully saturated rings. The van der Waals surface area contributed by atoms with E-state index in [0.717, 1.165) is 18.7 Å². The molecular weight excluding hydrogens is 452 g/mol. The number of methoxy groups -OCH3 is 2.